The number of carbonyl (C=O) groups is 2. The second-order valence-electron chi connectivity index (χ2n) is 3.63. The molecule has 0 bridgehead atoms. The third kappa shape index (κ3) is 3.99. The van der Waals surface area contributed by atoms with Crippen LogP contribution >= 0.6 is 11.6 Å². The summed E-state index contributed by atoms with van der Waals surface area (Å²) in [6.07, 6.45) is -4.61. The van der Waals surface area contributed by atoms with Gasteiger partial charge in [0.1, 0.15) is 11.9 Å². The van der Waals surface area contributed by atoms with Gasteiger partial charge in [-0.25, -0.2) is 14.0 Å². The summed E-state index contributed by atoms with van der Waals surface area (Å²) in [7, 11) is 0. The molecule has 19 heavy (non-hydrogen) atoms. The van der Waals surface area contributed by atoms with Crippen molar-refractivity contribution in [3.63, 3.8) is 0 Å². The van der Waals surface area contributed by atoms with Crippen molar-refractivity contribution in [3.05, 3.63) is 34.6 Å². The lowest BCUT2D eigenvalue weighted by atomic mass is 10.0. The van der Waals surface area contributed by atoms with E-state index in [-0.39, 0.29) is 10.6 Å². The largest absolute Gasteiger partial charge is 0.442 e. The van der Waals surface area contributed by atoms with Crippen LogP contribution in [0.15, 0.2) is 18.2 Å². The molecule has 0 aromatic heterocycles. The van der Waals surface area contributed by atoms with E-state index < -0.39 is 30.2 Å². The van der Waals surface area contributed by atoms with E-state index in [1.807, 2.05) is 0 Å². The van der Waals surface area contributed by atoms with Crippen molar-refractivity contribution in [2.45, 2.75) is 19.1 Å². The van der Waals surface area contributed by atoms with Crippen LogP contribution in [-0.2, 0) is 9.47 Å². The van der Waals surface area contributed by atoms with Crippen LogP contribution in [-0.4, -0.2) is 18.3 Å². The van der Waals surface area contributed by atoms with Gasteiger partial charge in [-0.05, 0) is 19.1 Å². The highest BCUT2D eigenvalue weighted by Crippen LogP contribution is 2.31. The molecule has 0 radical (unpaired) electrons. The van der Waals surface area contributed by atoms with E-state index in [4.69, 9.17) is 27.8 Å². The van der Waals surface area contributed by atoms with Gasteiger partial charge in [0.15, 0.2) is 6.10 Å². The summed E-state index contributed by atoms with van der Waals surface area (Å²) in [5.74, 6) is -0.723. The number of halogens is 2. The van der Waals surface area contributed by atoms with Crippen molar-refractivity contribution in [2.24, 2.45) is 11.5 Å². The number of primary amides is 2. The first-order valence-corrected chi connectivity index (χ1v) is 5.56. The molecule has 2 amide bonds. The minimum absolute atomic E-state index is 0.00571. The molecule has 1 aromatic carbocycles. The lowest BCUT2D eigenvalue weighted by Gasteiger charge is -2.24. The predicted molar refractivity (Wildman–Crippen MR) is 64.9 cm³/mol. The van der Waals surface area contributed by atoms with Gasteiger partial charge in [0.2, 0.25) is 0 Å². The van der Waals surface area contributed by atoms with Crippen LogP contribution < -0.4 is 11.5 Å². The molecule has 0 aliphatic rings. The topological polar surface area (TPSA) is 105 Å². The summed E-state index contributed by atoms with van der Waals surface area (Å²) in [6.45, 7) is 1.36. The minimum atomic E-state index is -1.29. The molecule has 0 saturated heterocycles. The lowest BCUT2D eigenvalue weighted by molar-refractivity contribution is 0.00259. The third-order valence-electron chi connectivity index (χ3n) is 2.26. The molecule has 0 aliphatic heterocycles. The zero-order valence-corrected chi connectivity index (χ0v) is 10.7. The third-order valence-corrected chi connectivity index (χ3v) is 2.59. The molecule has 4 N–H and O–H groups in total. The highest BCUT2D eigenvalue weighted by atomic mass is 35.5. The number of amides is 2. The SMILES string of the molecule is C[C@@H](OC(N)=O)[C@H](OC(N)=O)c1c(F)cccc1Cl. The number of carbonyl (C=O) groups excluding carboxylic acids is 2. The smallest absolute Gasteiger partial charge is 0.405 e. The minimum Gasteiger partial charge on any atom is -0.442 e. The summed E-state index contributed by atoms with van der Waals surface area (Å²) < 4.78 is 23.2. The Bertz CT molecular complexity index is 477. The maximum absolute atomic E-state index is 13.8. The van der Waals surface area contributed by atoms with E-state index in [9.17, 15) is 14.0 Å². The van der Waals surface area contributed by atoms with Crippen LogP contribution in [0.5, 0.6) is 0 Å². The number of nitrogens with two attached hydrogens (primary N) is 2. The average molecular weight is 291 g/mol. The Labute approximate surface area is 113 Å². The van der Waals surface area contributed by atoms with Gasteiger partial charge in [0.05, 0.1) is 10.6 Å². The van der Waals surface area contributed by atoms with Crippen molar-refractivity contribution >= 4 is 23.8 Å². The van der Waals surface area contributed by atoms with Gasteiger partial charge in [0, 0.05) is 0 Å². The van der Waals surface area contributed by atoms with Crippen LogP contribution in [0.2, 0.25) is 5.02 Å². The van der Waals surface area contributed by atoms with Gasteiger partial charge in [0.25, 0.3) is 0 Å². The van der Waals surface area contributed by atoms with Gasteiger partial charge < -0.3 is 20.9 Å². The molecule has 0 saturated carbocycles. The Balaban J connectivity index is 3.16. The van der Waals surface area contributed by atoms with E-state index in [0.717, 1.165) is 6.07 Å². The molecule has 8 heteroatoms. The van der Waals surface area contributed by atoms with E-state index in [1.54, 1.807) is 0 Å². The lowest BCUT2D eigenvalue weighted by Crippen LogP contribution is -2.31. The van der Waals surface area contributed by atoms with Crippen LogP contribution in [0, 0.1) is 5.82 Å². The Kier molecular flexibility index (Phi) is 4.94. The molecule has 104 valence electrons. The molecule has 6 nitrogen and oxygen atoms in total. The monoisotopic (exact) mass is 290 g/mol. The van der Waals surface area contributed by atoms with Gasteiger partial charge in [-0.3, -0.25) is 0 Å². The standard InChI is InChI=1S/C11H12ClFN2O4/c1-5(18-10(14)16)9(19-11(15)17)8-6(12)3-2-4-7(8)13/h2-5,9H,1H3,(H2,14,16)(H2,15,17)/t5-,9+/m1/s1. The average Bonchev–Trinajstić information content (AvgIpc) is 2.25. The van der Waals surface area contributed by atoms with Crippen LogP contribution in [0.3, 0.4) is 0 Å². The number of rotatable bonds is 4. The predicted octanol–water partition coefficient (Wildman–Crippen LogP) is 2.10. The Morgan fingerprint density at radius 2 is 1.84 bits per heavy atom. The number of ether oxygens (including phenoxy) is 2. The number of hydrogen-bond donors (Lipinski definition) is 2. The number of hydrogen-bond acceptors (Lipinski definition) is 4. The van der Waals surface area contributed by atoms with Crippen LogP contribution in [0.4, 0.5) is 14.0 Å². The Hall–Kier alpha value is -2.02. The summed E-state index contributed by atoms with van der Waals surface area (Å²) >= 11 is 5.84. The molecule has 1 rings (SSSR count). The first kappa shape index (κ1) is 15.0. The summed E-state index contributed by atoms with van der Waals surface area (Å²) in [5, 5.41) is 0.00571. The molecule has 0 aliphatic carbocycles. The normalized spacial score (nSPS) is 13.4. The maximum Gasteiger partial charge on any atom is 0.405 e. The van der Waals surface area contributed by atoms with Gasteiger partial charge in [-0.2, -0.15) is 0 Å². The highest BCUT2D eigenvalue weighted by Gasteiger charge is 2.30. The number of benzene rings is 1. The van der Waals surface area contributed by atoms with Gasteiger partial charge >= 0.3 is 12.2 Å². The molecular formula is C11H12ClFN2O4. The Morgan fingerprint density at radius 1 is 1.26 bits per heavy atom. The molecule has 0 unspecified atom stereocenters. The molecule has 0 spiro atoms. The fraction of sp³-hybridized carbons (Fsp3) is 0.273. The Morgan fingerprint density at radius 3 is 2.32 bits per heavy atom. The molecule has 1 aromatic rings. The van der Waals surface area contributed by atoms with E-state index >= 15 is 0 Å². The van der Waals surface area contributed by atoms with Crippen LogP contribution in [0.1, 0.15) is 18.6 Å². The first-order valence-electron chi connectivity index (χ1n) is 5.19. The second kappa shape index (κ2) is 6.24. The van der Waals surface area contributed by atoms with Crippen molar-refractivity contribution in [2.75, 3.05) is 0 Å². The fourth-order valence-electron chi connectivity index (χ4n) is 1.54. The quantitative estimate of drug-likeness (QED) is 0.885. The molecular weight excluding hydrogens is 279 g/mol. The molecule has 2 atom stereocenters. The summed E-state index contributed by atoms with van der Waals surface area (Å²) in [4.78, 5) is 21.6. The van der Waals surface area contributed by atoms with Crippen LogP contribution in [0.25, 0.3) is 0 Å². The first-order chi connectivity index (χ1) is 8.82. The maximum atomic E-state index is 13.8. The summed E-state index contributed by atoms with van der Waals surface area (Å²) in [6, 6.07) is 3.89. The molecule has 0 heterocycles. The van der Waals surface area contributed by atoms with Gasteiger partial charge in [-0.1, -0.05) is 17.7 Å². The zero-order valence-electron chi connectivity index (χ0n) is 9.93. The van der Waals surface area contributed by atoms with Crippen molar-refractivity contribution < 1.29 is 23.5 Å². The zero-order chi connectivity index (χ0) is 14.6. The van der Waals surface area contributed by atoms with Crippen molar-refractivity contribution in [1.29, 1.82) is 0 Å². The van der Waals surface area contributed by atoms with E-state index in [2.05, 4.69) is 4.74 Å². The fourth-order valence-corrected chi connectivity index (χ4v) is 1.81. The van der Waals surface area contributed by atoms with E-state index in [1.165, 1.54) is 19.1 Å². The van der Waals surface area contributed by atoms with E-state index in [0.29, 0.717) is 0 Å². The van der Waals surface area contributed by atoms with Gasteiger partial charge in [-0.15, -0.1) is 0 Å². The van der Waals surface area contributed by atoms with Crippen molar-refractivity contribution in [1.82, 2.24) is 0 Å². The second-order valence-corrected chi connectivity index (χ2v) is 4.04. The molecule has 0 fully saturated rings. The van der Waals surface area contributed by atoms with Crippen molar-refractivity contribution in [3.8, 4) is 0 Å². The summed E-state index contributed by atoms with van der Waals surface area (Å²) in [5.41, 5.74) is 9.62. The highest BCUT2D eigenvalue weighted by molar-refractivity contribution is 6.31.